The van der Waals surface area contributed by atoms with Crippen LogP contribution >= 0.6 is 27.5 Å². The van der Waals surface area contributed by atoms with Crippen molar-refractivity contribution in [1.29, 1.82) is 0 Å². The number of nitrogens with zero attached hydrogens (tertiary/aromatic N) is 2. The van der Waals surface area contributed by atoms with Gasteiger partial charge in [0.1, 0.15) is 4.60 Å². The van der Waals surface area contributed by atoms with Crippen molar-refractivity contribution in [2.24, 2.45) is 7.05 Å². The first-order valence-corrected chi connectivity index (χ1v) is 5.74. The van der Waals surface area contributed by atoms with Gasteiger partial charge in [-0.1, -0.05) is 23.7 Å². The third-order valence-corrected chi connectivity index (χ3v) is 3.45. The first-order valence-electron chi connectivity index (χ1n) is 4.57. The van der Waals surface area contributed by atoms with E-state index in [0.29, 0.717) is 0 Å². The van der Waals surface area contributed by atoms with Crippen LogP contribution in [0.25, 0.3) is 0 Å². The second-order valence-corrected chi connectivity index (χ2v) is 4.59. The van der Waals surface area contributed by atoms with Gasteiger partial charge in [-0.05, 0) is 33.6 Å². The fourth-order valence-electron chi connectivity index (χ4n) is 1.42. The molecule has 0 radical (unpaired) electrons. The summed E-state index contributed by atoms with van der Waals surface area (Å²) in [6.07, 6.45) is 2.59. The highest BCUT2D eigenvalue weighted by molar-refractivity contribution is 9.10. The predicted molar refractivity (Wildman–Crippen MR) is 65.2 cm³/mol. The van der Waals surface area contributed by atoms with Crippen LogP contribution in [0.2, 0.25) is 5.02 Å². The van der Waals surface area contributed by atoms with Crippen LogP contribution in [-0.2, 0) is 13.5 Å². The van der Waals surface area contributed by atoms with E-state index in [4.69, 9.17) is 11.6 Å². The minimum absolute atomic E-state index is 0.763. The lowest BCUT2D eigenvalue weighted by atomic mass is 10.1. The molecule has 0 spiro atoms. The number of halogens is 2. The molecule has 0 amide bonds. The number of hydrogen-bond acceptors (Lipinski definition) is 1. The Kier molecular flexibility index (Phi) is 3.12. The average Bonchev–Trinajstić information content (AvgIpc) is 2.50. The van der Waals surface area contributed by atoms with E-state index < -0.39 is 0 Å². The van der Waals surface area contributed by atoms with Crippen molar-refractivity contribution in [3.63, 3.8) is 0 Å². The quantitative estimate of drug-likeness (QED) is 0.826. The summed E-state index contributed by atoms with van der Waals surface area (Å²) in [5.74, 6) is 0. The number of hydrogen-bond donors (Lipinski definition) is 0. The van der Waals surface area contributed by atoms with Crippen molar-refractivity contribution in [3.05, 3.63) is 51.5 Å². The van der Waals surface area contributed by atoms with Gasteiger partial charge in [0.05, 0.1) is 12.0 Å². The zero-order chi connectivity index (χ0) is 10.8. The van der Waals surface area contributed by atoms with Gasteiger partial charge >= 0.3 is 0 Å². The molecule has 2 aromatic rings. The lowest BCUT2D eigenvalue weighted by molar-refractivity contribution is 0.887. The van der Waals surface area contributed by atoms with Gasteiger partial charge in [0.25, 0.3) is 0 Å². The molecule has 0 fully saturated rings. The number of imidazole rings is 1. The van der Waals surface area contributed by atoms with E-state index in [9.17, 15) is 0 Å². The third-order valence-electron chi connectivity index (χ3n) is 2.20. The van der Waals surface area contributed by atoms with Crippen molar-refractivity contribution in [3.8, 4) is 0 Å². The highest BCUT2D eigenvalue weighted by Gasteiger charge is 2.06. The highest BCUT2D eigenvalue weighted by Crippen LogP contribution is 2.19. The summed E-state index contributed by atoms with van der Waals surface area (Å²) in [5.41, 5.74) is 2.20. The van der Waals surface area contributed by atoms with Crippen LogP contribution in [0.15, 0.2) is 35.2 Å². The Bertz CT molecular complexity index is 479. The first kappa shape index (κ1) is 10.7. The molecule has 0 N–H and O–H groups in total. The summed E-state index contributed by atoms with van der Waals surface area (Å²) >= 11 is 9.41. The van der Waals surface area contributed by atoms with E-state index in [1.807, 2.05) is 35.9 Å². The molecule has 0 aliphatic rings. The third kappa shape index (κ3) is 2.41. The average molecular weight is 286 g/mol. The van der Waals surface area contributed by atoms with Gasteiger partial charge in [-0.25, -0.2) is 4.98 Å². The molecule has 0 saturated heterocycles. The van der Waals surface area contributed by atoms with Crippen LogP contribution in [0.1, 0.15) is 11.3 Å². The largest absolute Gasteiger partial charge is 0.328 e. The number of rotatable bonds is 2. The molecule has 78 valence electrons. The van der Waals surface area contributed by atoms with Gasteiger partial charge in [0, 0.05) is 18.5 Å². The molecule has 1 aromatic heterocycles. The van der Waals surface area contributed by atoms with Crippen LogP contribution < -0.4 is 0 Å². The molecular weight excluding hydrogens is 275 g/mol. The maximum absolute atomic E-state index is 5.92. The highest BCUT2D eigenvalue weighted by atomic mass is 79.9. The van der Waals surface area contributed by atoms with Gasteiger partial charge in [-0.2, -0.15) is 0 Å². The second-order valence-electron chi connectivity index (χ2n) is 3.40. The maximum atomic E-state index is 5.92. The van der Waals surface area contributed by atoms with E-state index in [0.717, 1.165) is 21.7 Å². The predicted octanol–water partition coefficient (Wildman–Crippen LogP) is 3.43. The van der Waals surface area contributed by atoms with E-state index in [1.165, 1.54) is 5.56 Å². The normalized spacial score (nSPS) is 10.6. The second kappa shape index (κ2) is 4.37. The van der Waals surface area contributed by atoms with Crippen LogP contribution in [0.5, 0.6) is 0 Å². The maximum Gasteiger partial charge on any atom is 0.108 e. The fourth-order valence-corrected chi connectivity index (χ4v) is 1.97. The van der Waals surface area contributed by atoms with Gasteiger partial charge in [-0.3, -0.25) is 0 Å². The summed E-state index contributed by atoms with van der Waals surface area (Å²) in [6, 6.07) is 7.84. The molecule has 1 heterocycles. The molecule has 15 heavy (non-hydrogen) atoms. The molecule has 0 saturated carbocycles. The van der Waals surface area contributed by atoms with Crippen LogP contribution in [-0.4, -0.2) is 9.55 Å². The van der Waals surface area contributed by atoms with E-state index in [1.54, 1.807) is 6.33 Å². The van der Waals surface area contributed by atoms with Crippen molar-refractivity contribution in [2.45, 2.75) is 6.42 Å². The summed E-state index contributed by atoms with van der Waals surface area (Å²) in [6.45, 7) is 0. The fraction of sp³-hybridized carbons (Fsp3) is 0.182. The standard InChI is InChI=1S/C11H10BrClN2/c1-15-7-14-10(11(15)12)6-8-3-2-4-9(13)5-8/h2-5,7H,6H2,1H3. The number of aromatic nitrogens is 2. The number of benzene rings is 1. The Balaban J connectivity index is 2.26. The Morgan fingerprint density at radius 3 is 2.87 bits per heavy atom. The summed E-state index contributed by atoms with van der Waals surface area (Å²) in [5, 5.41) is 0.763. The summed E-state index contributed by atoms with van der Waals surface area (Å²) in [4.78, 5) is 4.31. The SMILES string of the molecule is Cn1cnc(Cc2cccc(Cl)c2)c1Br. The molecule has 1 aromatic carbocycles. The molecule has 0 unspecified atom stereocenters. The molecular formula is C11H10BrClN2. The Labute approximate surface area is 102 Å². The van der Waals surface area contributed by atoms with E-state index >= 15 is 0 Å². The summed E-state index contributed by atoms with van der Waals surface area (Å²) < 4.78 is 2.96. The van der Waals surface area contributed by atoms with Gasteiger partial charge in [0.2, 0.25) is 0 Å². The minimum Gasteiger partial charge on any atom is -0.328 e. The molecule has 2 nitrogen and oxygen atoms in total. The minimum atomic E-state index is 0.763. The lowest BCUT2D eigenvalue weighted by Gasteiger charge is -2.00. The molecule has 2 rings (SSSR count). The monoisotopic (exact) mass is 284 g/mol. The van der Waals surface area contributed by atoms with Crippen LogP contribution in [0, 0.1) is 0 Å². The molecule has 0 aliphatic heterocycles. The lowest BCUT2D eigenvalue weighted by Crippen LogP contribution is -1.91. The zero-order valence-electron chi connectivity index (χ0n) is 8.24. The van der Waals surface area contributed by atoms with Gasteiger partial charge < -0.3 is 4.57 Å². The van der Waals surface area contributed by atoms with Gasteiger partial charge in [-0.15, -0.1) is 0 Å². The van der Waals surface area contributed by atoms with Crippen molar-refractivity contribution >= 4 is 27.5 Å². The Hall–Kier alpha value is -0.800. The smallest absolute Gasteiger partial charge is 0.108 e. The van der Waals surface area contributed by atoms with Crippen molar-refractivity contribution in [2.75, 3.05) is 0 Å². The van der Waals surface area contributed by atoms with E-state index in [2.05, 4.69) is 20.9 Å². The molecule has 0 atom stereocenters. The van der Waals surface area contributed by atoms with Gasteiger partial charge in [0.15, 0.2) is 0 Å². The molecule has 0 aliphatic carbocycles. The van der Waals surface area contributed by atoms with Crippen molar-refractivity contribution < 1.29 is 0 Å². The molecule has 0 bridgehead atoms. The van der Waals surface area contributed by atoms with Crippen molar-refractivity contribution in [1.82, 2.24) is 9.55 Å². The molecule has 4 heteroatoms. The Morgan fingerprint density at radius 1 is 1.47 bits per heavy atom. The topological polar surface area (TPSA) is 17.8 Å². The summed E-state index contributed by atoms with van der Waals surface area (Å²) in [7, 11) is 1.96. The Morgan fingerprint density at radius 2 is 2.27 bits per heavy atom. The van der Waals surface area contributed by atoms with Crippen LogP contribution in [0.3, 0.4) is 0 Å². The first-order chi connectivity index (χ1) is 7.16. The number of aryl methyl sites for hydroxylation is 1. The van der Waals surface area contributed by atoms with Crippen LogP contribution in [0.4, 0.5) is 0 Å². The zero-order valence-corrected chi connectivity index (χ0v) is 10.6. The van der Waals surface area contributed by atoms with E-state index in [-0.39, 0.29) is 0 Å².